The maximum absolute atomic E-state index is 13.7. The molecule has 0 aliphatic carbocycles. The lowest BCUT2D eigenvalue weighted by atomic mass is 10.1. The first-order chi connectivity index (χ1) is 10.7. The fourth-order valence-electron chi connectivity index (χ4n) is 2.59. The van der Waals surface area contributed by atoms with Crippen molar-refractivity contribution in [3.05, 3.63) is 59.8 Å². The van der Waals surface area contributed by atoms with Gasteiger partial charge >= 0.3 is 0 Å². The molecule has 1 fully saturated rings. The Bertz CT molecular complexity index is 650. The minimum atomic E-state index is -0.816. The van der Waals surface area contributed by atoms with Crippen LogP contribution in [-0.2, 0) is 0 Å². The molecule has 1 amide bonds. The van der Waals surface area contributed by atoms with E-state index >= 15 is 0 Å². The molecule has 1 aliphatic rings. The Kier molecular flexibility index (Phi) is 4.00. The highest BCUT2D eigenvalue weighted by atomic mass is 19.1. The number of H-pyrrole nitrogens is 1. The minimum Gasteiger partial charge on any atom is -0.331 e. The predicted octanol–water partition coefficient (Wildman–Crippen LogP) is 1.74. The number of anilines is 1. The molecule has 0 radical (unpaired) electrons. The number of piperazine rings is 1. The average molecular weight is 304 g/mol. The Morgan fingerprint density at radius 1 is 0.955 bits per heavy atom. The number of carbonyl (C=O) groups is 1. The zero-order valence-electron chi connectivity index (χ0n) is 11.9. The van der Waals surface area contributed by atoms with Crippen molar-refractivity contribution >= 4 is 11.7 Å². The molecule has 1 aromatic heterocycles. The molecule has 2 heterocycles. The molecule has 1 N–H and O–H groups in total. The van der Waals surface area contributed by atoms with Crippen LogP contribution in [0.3, 0.4) is 0 Å². The highest BCUT2D eigenvalue weighted by Gasteiger charge is 2.29. The predicted molar refractivity (Wildman–Crippen MR) is 77.5 cm³/mol. The number of hydrogen-bond acceptors (Lipinski definition) is 2. The summed E-state index contributed by atoms with van der Waals surface area (Å²) in [5, 5.41) is 0. The summed E-state index contributed by atoms with van der Waals surface area (Å²) in [7, 11) is 0. The average Bonchev–Trinajstić information content (AvgIpc) is 2.55. The van der Waals surface area contributed by atoms with Gasteiger partial charge in [0.1, 0.15) is 30.3 Å². The SMILES string of the molecule is O=C(c1c(F)cccc1F)N1CCN(c2cccc[nH+]2)CC1. The van der Waals surface area contributed by atoms with Crippen LogP contribution in [0, 0.1) is 11.6 Å². The lowest BCUT2D eigenvalue weighted by Crippen LogP contribution is -2.50. The van der Waals surface area contributed by atoms with Crippen molar-refractivity contribution in [2.75, 3.05) is 31.1 Å². The smallest absolute Gasteiger partial charge is 0.274 e. The van der Waals surface area contributed by atoms with Gasteiger partial charge in [0, 0.05) is 6.07 Å². The summed E-state index contributed by atoms with van der Waals surface area (Å²) < 4.78 is 27.4. The summed E-state index contributed by atoms with van der Waals surface area (Å²) in [6.07, 6.45) is 1.83. The van der Waals surface area contributed by atoms with Crippen LogP contribution >= 0.6 is 0 Å². The maximum atomic E-state index is 13.7. The van der Waals surface area contributed by atoms with Gasteiger partial charge in [-0.25, -0.2) is 13.8 Å². The lowest BCUT2D eigenvalue weighted by molar-refractivity contribution is -0.364. The van der Waals surface area contributed by atoms with Gasteiger partial charge in [0.05, 0.1) is 19.3 Å². The molecule has 4 nitrogen and oxygen atoms in total. The first kappa shape index (κ1) is 14.4. The van der Waals surface area contributed by atoms with Gasteiger partial charge in [-0.05, 0) is 18.2 Å². The number of nitrogens with one attached hydrogen (secondary N) is 1. The van der Waals surface area contributed by atoms with Crippen LogP contribution in [0.4, 0.5) is 14.6 Å². The number of halogens is 2. The van der Waals surface area contributed by atoms with Crippen LogP contribution in [0.5, 0.6) is 0 Å². The van der Waals surface area contributed by atoms with Crippen LogP contribution in [0.15, 0.2) is 42.6 Å². The highest BCUT2D eigenvalue weighted by molar-refractivity contribution is 5.94. The molecule has 1 aliphatic heterocycles. The second-order valence-electron chi connectivity index (χ2n) is 5.12. The van der Waals surface area contributed by atoms with Crippen LogP contribution in [0.1, 0.15) is 10.4 Å². The summed E-state index contributed by atoms with van der Waals surface area (Å²) in [5.41, 5.74) is -0.470. The Morgan fingerprint density at radius 3 is 2.23 bits per heavy atom. The molecular weight excluding hydrogens is 288 g/mol. The van der Waals surface area contributed by atoms with Crippen LogP contribution < -0.4 is 9.88 Å². The van der Waals surface area contributed by atoms with E-state index in [1.165, 1.54) is 11.0 Å². The van der Waals surface area contributed by atoms with Crippen molar-refractivity contribution in [3.63, 3.8) is 0 Å². The lowest BCUT2D eigenvalue weighted by Gasteiger charge is -2.31. The number of rotatable bonds is 2. The van der Waals surface area contributed by atoms with Gasteiger partial charge in [0.25, 0.3) is 11.7 Å². The van der Waals surface area contributed by atoms with Gasteiger partial charge in [-0.1, -0.05) is 12.1 Å². The second kappa shape index (κ2) is 6.09. The van der Waals surface area contributed by atoms with E-state index in [4.69, 9.17) is 0 Å². The Balaban J connectivity index is 1.70. The number of aromatic nitrogens is 1. The maximum Gasteiger partial charge on any atom is 0.274 e. The van der Waals surface area contributed by atoms with E-state index in [0.717, 1.165) is 18.0 Å². The van der Waals surface area contributed by atoms with Crippen molar-refractivity contribution in [2.24, 2.45) is 0 Å². The summed E-state index contributed by atoms with van der Waals surface area (Å²) in [6, 6.07) is 9.23. The molecule has 114 valence electrons. The highest BCUT2D eigenvalue weighted by Crippen LogP contribution is 2.17. The van der Waals surface area contributed by atoms with E-state index in [2.05, 4.69) is 9.88 Å². The summed E-state index contributed by atoms with van der Waals surface area (Å²) in [6.45, 7) is 2.08. The van der Waals surface area contributed by atoms with Crippen molar-refractivity contribution < 1.29 is 18.6 Å². The first-order valence-corrected chi connectivity index (χ1v) is 7.12. The number of pyridine rings is 1. The quantitative estimate of drug-likeness (QED) is 0.847. The third-order valence-electron chi connectivity index (χ3n) is 3.78. The number of carbonyl (C=O) groups excluding carboxylic acids is 1. The van der Waals surface area contributed by atoms with E-state index in [0.29, 0.717) is 26.2 Å². The van der Waals surface area contributed by atoms with Crippen molar-refractivity contribution in [2.45, 2.75) is 0 Å². The van der Waals surface area contributed by atoms with Gasteiger partial charge in [-0.3, -0.25) is 9.69 Å². The first-order valence-electron chi connectivity index (χ1n) is 7.12. The van der Waals surface area contributed by atoms with Crippen molar-refractivity contribution in [1.29, 1.82) is 0 Å². The molecular formula is C16H16F2N3O+. The molecule has 2 aromatic rings. The number of benzene rings is 1. The minimum absolute atomic E-state index is 0.426. The number of hydrogen-bond donors (Lipinski definition) is 0. The van der Waals surface area contributed by atoms with Gasteiger partial charge in [0.2, 0.25) is 0 Å². The molecule has 0 spiro atoms. The topological polar surface area (TPSA) is 37.7 Å². The molecule has 1 saturated heterocycles. The summed E-state index contributed by atoms with van der Waals surface area (Å²) >= 11 is 0. The zero-order valence-corrected chi connectivity index (χ0v) is 11.9. The summed E-state index contributed by atoms with van der Waals surface area (Å²) in [4.78, 5) is 19.0. The molecule has 1 aromatic carbocycles. The van der Waals surface area contributed by atoms with Gasteiger partial charge in [-0.2, -0.15) is 0 Å². The summed E-state index contributed by atoms with van der Waals surface area (Å²) in [5.74, 6) is -1.26. The fourth-order valence-corrected chi connectivity index (χ4v) is 2.59. The van der Waals surface area contributed by atoms with Crippen LogP contribution in [0.25, 0.3) is 0 Å². The molecule has 6 heteroatoms. The fraction of sp³-hybridized carbons (Fsp3) is 0.250. The van der Waals surface area contributed by atoms with Gasteiger partial charge in [-0.15, -0.1) is 0 Å². The Labute approximate surface area is 127 Å². The molecule has 0 unspecified atom stereocenters. The zero-order chi connectivity index (χ0) is 15.5. The molecule has 22 heavy (non-hydrogen) atoms. The monoisotopic (exact) mass is 304 g/mol. The van der Waals surface area contributed by atoms with E-state index in [-0.39, 0.29) is 0 Å². The molecule has 0 saturated carbocycles. The Hall–Kier alpha value is -2.50. The second-order valence-corrected chi connectivity index (χ2v) is 5.12. The van der Waals surface area contributed by atoms with Crippen molar-refractivity contribution in [1.82, 2.24) is 4.90 Å². The van der Waals surface area contributed by atoms with E-state index < -0.39 is 23.1 Å². The Morgan fingerprint density at radius 2 is 1.64 bits per heavy atom. The van der Waals surface area contributed by atoms with Crippen LogP contribution in [0.2, 0.25) is 0 Å². The normalized spacial score (nSPS) is 15.0. The molecule has 0 atom stereocenters. The van der Waals surface area contributed by atoms with Crippen molar-refractivity contribution in [3.8, 4) is 0 Å². The van der Waals surface area contributed by atoms with Gasteiger partial charge < -0.3 is 4.90 Å². The standard InChI is InChI=1S/C16H15F2N3O/c17-12-4-3-5-13(18)15(12)16(22)21-10-8-20(9-11-21)14-6-1-2-7-19-14/h1-7H,8-11H2/p+1. The third-order valence-corrected chi connectivity index (χ3v) is 3.78. The number of nitrogens with zero attached hydrogens (tertiary/aromatic N) is 2. The van der Waals surface area contributed by atoms with Gasteiger partial charge in [0.15, 0.2) is 0 Å². The molecule has 0 bridgehead atoms. The van der Waals surface area contributed by atoms with E-state index in [1.54, 1.807) is 0 Å². The molecule has 3 rings (SSSR count). The number of amides is 1. The van der Waals surface area contributed by atoms with E-state index in [1.807, 2.05) is 24.4 Å². The van der Waals surface area contributed by atoms with E-state index in [9.17, 15) is 13.6 Å². The number of aromatic amines is 1. The largest absolute Gasteiger partial charge is 0.331 e. The van der Waals surface area contributed by atoms with Crippen LogP contribution in [-0.4, -0.2) is 37.0 Å². The third kappa shape index (κ3) is 2.77.